The number of benzene rings is 2. The molecule has 2 aromatic heterocycles. The third-order valence-electron chi connectivity index (χ3n) is 6.29. The molecule has 0 aliphatic heterocycles. The van der Waals surface area contributed by atoms with Gasteiger partial charge in [-0.25, -0.2) is 0 Å². The van der Waals surface area contributed by atoms with Crippen LogP contribution in [-0.2, 0) is 46.6 Å². The molecule has 2 heterocycles. The summed E-state index contributed by atoms with van der Waals surface area (Å²) in [5.74, 6) is -0.282. The predicted molar refractivity (Wildman–Crippen MR) is 172 cm³/mol. The van der Waals surface area contributed by atoms with Crippen LogP contribution < -0.4 is 10.6 Å². The second-order valence-corrected chi connectivity index (χ2v) is 13.6. The van der Waals surface area contributed by atoms with Gasteiger partial charge in [0.25, 0.3) is 0 Å². The number of aryl methyl sites for hydroxylation is 2. The minimum atomic E-state index is -1.03. The number of anilines is 2. The van der Waals surface area contributed by atoms with Crippen molar-refractivity contribution in [1.29, 1.82) is 0 Å². The molecule has 1 atom stereocenters. The van der Waals surface area contributed by atoms with E-state index in [0.29, 0.717) is 23.2 Å². The molecule has 0 saturated carbocycles. The average molecular weight is 638 g/mol. The fourth-order valence-electron chi connectivity index (χ4n) is 4.27. The van der Waals surface area contributed by atoms with E-state index >= 15 is 0 Å². The van der Waals surface area contributed by atoms with Crippen LogP contribution in [0, 0.1) is 0 Å². The molecular formula is C31H39N7O4S2. The molecule has 2 amide bonds. The van der Waals surface area contributed by atoms with E-state index in [4.69, 9.17) is 4.74 Å². The first-order chi connectivity index (χ1) is 21.0. The van der Waals surface area contributed by atoms with Gasteiger partial charge in [0, 0.05) is 19.4 Å². The number of carbonyl (C=O) groups excluding carboxylic acids is 2. The summed E-state index contributed by atoms with van der Waals surface area (Å²) in [7, 11) is 1.78. The minimum Gasteiger partial charge on any atom is -0.356 e. The van der Waals surface area contributed by atoms with Crippen molar-refractivity contribution in [2.45, 2.75) is 77.9 Å². The molecule has 2 aromatic carbocycles. The number of aliphatic hydroxyl groups excluding tert-OH is 1. The van der Waals surface area contributed by atoms with Gasteiger partial charge in [0.15, 0.2) is 0 Å². The maximum Gasteiger partial charge on any atom is 0.230 e. The molecule has 11 nitrogen and oxygen atoms in total. The Morgan fingerprint density at radius 3 is 1.91 bits per heavy atom. The Kier molecular flexibility index (Phi) is 12.0. The van der Waals surface area contributed by atoms with Crippen LogP contribution in [0.4, 0.5) is 10.3 Å². The van der Waals surface area contributed by atoms with Gasteiger partial charge >= 0.3 is 0 Å². The zero-order chi connectivity index (χ0) is 31.5. The summed E-state index contributed by atoms with van der Waals surface area (Å²) in [6.45, 7) is 6.14. The molecule has 4 aromatic rings. The van der Waals surface area contributed by atoms with E-state index in [0.717, 1.165) is 52.4 Å². The van der Waals surface area contributed by atoms with Gasteiger partial charge in [0.05, 0.1) is 18.4 Å². The van der Waals surface area contributed by atoms with Gasteiger partial charge in [0.1, 0.15) is 10.0 Å². The largest absolute Gasteiger partial charge is 0.356 e. The lowest BCUT2D eigenvalue weighted by molar-refractivity contribution is -0.235. The summed E-state index contributed by atoms with van der Waals surface area (Å²) in [5.41, 5.74) is 2.31. The lowest BCUT2D eigenvalue weighted by Gasteiger charge is -2.30. The first kappa shape index (κ1) is 33.3. The summed E-state index contributed by atoms with van der Waals surface area (Å²) >= 11 is 2.76. The highest BCUT2D eigenvalue weighted by molar-refractivity contribution is 7.15. The normalized spacial score (nSPS) is 12.3. The molecule has 1 unspecified atom stereocenters. The van der Waals surface area contributed by atoms with Crippen LogP contribution in [-0.4, -0.2) is 61.3 Å². The Labute approximate surface area is 265 Å². The van der Waals surface area contributed by atoms with E-state index in [-0.39, 0.29) is 18.2 Å². The number of unbranched alkanes of at least 4 members (excludes halogenated alkanes) is 1. The molecule has 0 radical (unpaired) electrons. The van der Waals surface area contributed by atoms with E-state index in [1.807, 2.05) is 75.4 Å². The molecule has 0 fully saturated rings. The average Bonchev–Trinajstić information content (AvgIpc) is 3.59. The SMILES string of the molecule is CN(Cc1cccc(CC(=O)Nc2nnc(CCCCc3nnc(NC(=O)Cc4ccccc4)s3)s2)c1)C(O)OC(C)(C)C. The fourth-order valence-corrected chi connectivity index (χ4v) is 5.86. The van der Waals surface area contributed by atoms with Crippen LogP contribution in [0.5, 0.6) is 0 Å². The highest BCUT2D eigenvalue weighted by atomic mass is 32.1. The maximum atomic E-state index is 12.7. The molecule has 4 rings (SSSR count). The van der Waals surface area contributed by atoms with Crippen molar-refractivity contribution in [1.82, 2.24) is 25.3 Å². The molecule has 0 aliphatic rings. The van der Waals surface area contributed by atoms with Gasteiger partial charge < -0.3 is 20.5 Å². The van der Waals surface area contributed by atoms with E-state index < -0.39 is 12.0 Å². The number of amides is 2. The first-order valence-corrected chi connectivity index (χ1v) is 16.1. The summed E-state index contributed by atoms with van der Waals surface area (Å²) in [6, 6.07) is 17.3. The van der Waals surface area contributed by atoms with E-state index in [2.05, 4.69) is 31.0 Å². The topological polar surface area (TPSA) is 142 Å². The van der Waals surface area contributed by atoms with Crippen LogP contribution in [0.3, 0.4) is 0 Å². The van der Waals surface area contributed by atoms with E-state index in [1.54, 1.807) is 11.9 Å². The fraction of sp³-hybridized carbons (Fsp3) is 0.419. The van der Waals surface area contributed by atoms with Crippen molar-refractivity contribution in [2.24, 2.45) is 0 Å². The number of carbonyl (C=O) groups is 2. The Hall–Kier alpha value is -3.62. The number of nitrogens with zero attached hydrogens (tertiary/aromatic N) is 5. The molecule has 0 spiro atoms. The van der Waals surface area contributed by atoms with E-state index in [1.165, 1.54) is 22.7 Å². The zero-order valence-corrected chi connectivity index (χ0v) is 27.1. The van der Waals surface area contributed by atoms with Crippen molar-refractivity contribution in [3.05, 3.63) is 81.3 Å². The van der Waals surface area contributed by atoms with Gasteiger partial charge in [0.2, 0.25) is 28.5 Å². The number of hydrogen-bond acceptors (Lipinski definition) is 11. The van der Waals surface area contributed by atoms with Crippen LogP contribution >= 0.6 is 22.7 Å². The smallest absolute Gasteiger partial charge is 0.230 e. The Bertz CT molecular complexity index is 1500. The predicted octanol–water partition coefficient (Wildman–Crippen LogP) is 4.84. The summed E-state index contributed by atoms with van der Waals surface area (Å²) in [5, 5.41) is 35.3. The van der Waals surface area contributed by atoms with Crippen LogP contribution in [0.2, 0.25) is 0 Å². The quantitative estimate of drug-likeness (QED) is 0.123. The monoisotopic (exact) mass is 637 g/mol. The maximum absolute atomic E-state index is 12.7. The van der Waals surface area contributed by atoms with E-state index in [9.17, 15) is 14.7 Å². The lowest BCUT2D eigenvalue weighted by atomic mass is 10.1. The number of ether oxygens (including phenoxy) is 1. The number of hydrogen-bond donors (Lipinski definition) is 3. The molecule has 0 saturated heterocycles. The third-order valence-corrected chi connectivity index (χ3v) is 8.09. The molecule has 0 aliphatic carbocycles. The van der Waals surface area contributed by atoms with Gasteiger partial charge in [-0.1, -0.05) is 77.3 Å². The Morgan fingerprint density at radius 1 is 0.818 bits per heavy atom. The molecule has 3 N–H and O–H groups in total. The van der Waals surface area contributed by atoms with Gasteiger partial charge in [-0.15, -0.1) is 20.4 Å². The summed E-state index contributed by atoms with van der Waals surface area (Å²) < 4.78 is 5.60. The van der Waals surface area contributed by atoms with Crippen molar-refractivity contribution in [3.8, 4) is 0 Å². The second kappa shape index (κ2) is 15.9. The van der Waals surface area contributed by atoms with Crippen molar-refractivity contribution >= 4 is 44.8 Å². The van der Waals surface area contributed by atoms with Crippen molar-refractivity contribution in [3.63, 3.8) is 0 Å². The van der Waals surface area contributed by atoms with Gasteiger partial charge in [-0.2, -0.15) is 0 Å². The molecule has 44 heavy (non-hydrogen) atoms. The summed E-state index contributed by atoms with van der Waals surface area (Å²) in [6.07, 6.45) is 2.73. The highest BCUT2D eigenvalue weighted by Gasteiger charge is 2.20. The highest BCUT2D eigenvalue weighted by Crippen LogP contribution is 2.21. The lowest BCUT2D eigenvalue weighted by Crippen LogP contribution is -2.39. The van der Waals surface area contributed by atoms with Crippen molar-refractivity contribution < 1.29 is 19.4 Å². The molecular weight excluding hydrogens is 599 g/mol. The van der Waals surface area contributed by atoms with Crippen LogP contribution in [0.1, 0.15) is 60.3 Å². The van der Waals surface area contributed by atoms with Crippen LogP contribution in [0.25, 0.3) is 0 Å². The number of aromatic nitrogens is 4. The third kappa shape index (κ3) is 11.5. The molecule has 234 valence electrons. The Balaban J connectivity index is 1.15. The molecule has 13 heteroatoms. The first-order valence-electron chi connectivity index (χ1n) is 14.4. The zero-order valence-electron chi connectivity index (χ0n) is 25.4. The number of rotatable bonds is 15. The van der Waals surface area contributed by atoms with Crippen molar-refractivity contribution in [2.75, 3.05) is 17.7 Å². The molecule has 0 bridgehead atoms. The van der Waals surface area contributed by atoms with Crippen LogP contribution in [0.15, 0.2) is 54.6 Å². The second-order valence-electron chi connectivity index (χ2n) is 11.4. The minimum absolute atomic E-state index is 0.113. The summed E-state index contributed by atoms with van der Waals surface area (Å²) in [4.78, 5) is 26.6. The Morgan fingerprint density at radius 2 is 1.34 bits per heavy atom. The number of aliphatic hydroxyl groups is 1. The van der Waals surface area contributed by atoms with Gasteiger partial charge in [-0.05, 0) is 57.4 Å². The van der Waals surface area contributed by atoms with Gasteiger partial charge in [-0.3, -0.25) is 14.5 Å². The number of nitrogens with one attached hydrogen (secondary N) is 2. The standard InChI is InChI=1S/C31H39N7O4S2/c1-31(2,3)42-30(41)38(4)20-23-14-10-13-22(17-23)19-25(40)33-29-37-35-27(44-29)16-9-8-15-26-34-36-28(43-26)32-24(39)18-21-11-6-5-7-12-21/h5-7,10-14,17,30,41H,8-9,15-16,18-20H2,1-4H3,(H,32,36,39)(H,33,37,40).